The second kappa shape index (κ2) is 6.23. The Morgan fingerprint density at radius 2 is 2.39 bits per heavy atom. The lowest BCUT2D eigenvalue weighted by atomic mass is 9.93. The van der Waals surface area contributed by atoms with Gasteiger partial charge in [-0.15, -0.1) is 0 Å². The molecule has 0 aromatic rings. The van der Waals surface area contributed by atoms with Crippen molar-refractivity contribution in [3.05, 3.63) is 0 Å². The molecular weight excluding hydrogens is 254 g/mol. The van der Waals surface area contributed by atoms with Crippen LogP contribution in [0.3, 0.4) is 0 Å². The first kappa shape index (κ1) is 14.1. The third kappa shape index (κ3) is 3.60. The molecule has 104 valence electrons. The number of aliphatic carboxylic acids is 1. The van der Waals surface area contributed by atoms with E-state index in [0.717, 1.165) is 38.2 Å². The largest absolute Gasteiger partial charge is 0.480 e. The van der Waals surface area contributed by atoms with Crippen molar-refractivity contribution in [2.45, 2.75) is 42.6 Å². The molecule has 0 amide bonds. The Balaban J connectivity index is 1.71. The number of carbonyl (C=O) groups is 1. The highest BCUT2D eigenvalue weighted by molar-refractivity contribution is 7.99. The molecule has 2 saturated heterocycles. The van der Waals surface area contributed by atoms with Gasteiger partial charge in [0, 0.05) is 24.9 Å². The molecular formula is C12H21NO4S. The molecule has 0 radical (unpaired) electrons. The fraction of sp³-hybridized carbons (Fsp3) is 0.917. The number of ether oxygens (including phenoxy) is 2. The maximum Gasteiger partial charge on any atom is 0.320 e. The van der Waals surface area contributed by atoms with Gasteiger partial charge in [-0.05, 0) is 25.0 Å². The molecule has 2 fully saturated rings. The summed E-state index contributed by atoms with van der Waals surface area (Å²) in [7, 11) is 0. The fourth-order valence-corrected chi connectivity index (χ4v) is 3.88. The standard InChI is InChI=1S/C12H21NO4S/c13-10(11(14)15)2-6-18-9-1-4-17-12(7-9)3-5-16-8-12/h9-10H,1-8,13H2,(H,14,15). The van der Waals surface area contributed by atoms with Crippen molar-refractivity contribution in [3.8, 4) is 0 Å². The summed E-state index contributed by atoms with van der Waals surface area (Å²) in [6, 6.07) is -0.735. The van der Waals surface area contributed by atoms with Crippen molar-refractivity contribution in [1.29, 1.82) is 0 Å². The van der Waals surface area contributed by atoms with Crippen molar-refractivity contribution in [1.82, 2.24) is 0 Å². The summed E-state index contributed by atoms with van der Waals surface area (Å²) in [6.07, 6.45) is 3.56. The SMILES string of the molecule is NC(CCSC1CCOC2(CCOC2)C1)C(=O)O. The van der Waals surface area contributed by atoms with E-state index in [1.807, 2.05) is 11.8 Å². The molecule has 0 bridgehead atoms. The Labute approximate surface area is 111 Å². The van der Waals surface area contributed by atoms with Crippen molar-refractivity contribution >= 4 is 17.7 Å². The summed E-state index contributed by atoms with van der Waals surface area (Å²) in [6.45, 7) is 2.28. The zero-order valence-electron chi connectivity index (χ0n) is 10.5. The van der Waals surface area contributed by atoms with Crippen LogP contribution in [0.1, 0.15) is 25.7 Å². The average Bonchev–Trinajstić information content (AvgIpc) is 2.77. The van der Waals surface area contributed by atoms with E-state index in [-0.39, 0.29) is 5.60 Å². The molecule has 6 heteroatoms. The van der Waals surface area contributed by atoms with Crippen LogP contribution in [0.5, 0.6) is 0 Å². The zero-order valence-corrected chi connectivity index (χ0v) is 11.3. The van der Waals surface area contributed by atoms with E-state index in [9.17, 15) is 4.79 Å². The van der Waals surface area contributed by atoms with Crippen LogP contribution < -0.4 is 5.73 Å². The molecule has 0 aliphatic carbocycles. The summed E-state index contributed by atoms with van der Waals surface area (Å²) >= 11 is 1.83. The second-order valence-electron chi connectivity index (χ2n) is 5.05. The van der Waals surface area contributed by atoms with Crippen LogP contribution in [0, 0.1) is 0 Å². The minimum atomic E-state index is -0.914. The fourth-order valence-electron chi connectivity index (χ4n) is 2.47. The van der Waals surface area contributed by atoms with Crippen molar-refractivity contribution < 1.29 is 19.4 Å². The van der Waals surface area contributed by atoms with Crippen LogP contribution in [-0.4, -0.2) is 53.5 Å². The van der Waals surface area contributed by atoms with Gasteiger partial charge in [0.25, 0.3) is 0 Å². The Morgan fingerprint density at radius 3 is 3.06 bits per heavy atom. The first-order chi connectivity index (χ1) is 8.61. The van der Waals surface area contributed by atoms with Gasteiger partial charge in [-0.25, -0.2) is 0 Å². The van der Waals surface area contributed by atoms with Crippen molar-refractivity contribution in [2.24, 2.45) is 5.73 Å². The Hall–Kier alpha value is -0.300. The predicted octanol–water partition coefficient (Wildman–Crippen LogP) is 0.860. The highest BCUT2D eigenvalue weighted by Crippen LogP contribution is 2.37. The molecule has 2 heterocycles. The van der Waals surface area contributed by atoms with Crippen LogP contribution in [0.25, 0.3) is 0 Å². The van der Waals surface area contributed by atoms with E-state index in [1.165, 1.54) is 0 Å². The van der Waals surface area contributed by atoms with Gasteiger partial charge in [0.15, 0.2) is 0 Å². The lowest BCUT2D eigenvalue weighted by Crippen LogP contribution is -2.41. The monoisotopic (exact) mass is 275 g/mol. The Morgan fingerprint density at radius 1 is 1.56 bits per heavy atom. The van der Waals surface area contributed by atoms with Crippen LogP contribution in [0.4, 0.5) is 0 Å². The lowest BCUT2D eigenvalue weighted by Gasteiger charge is -2.36. The predicted molar refractivity (Wildman–Crippen MR) is 69.8 cm³/mol. The van der Waals surface area contributed by atoms with Gasteiger partial charge in [-0.1, -0.05) is 0 Å². The van der Waals surface area contributed by atoms with Crippen LogP contribution in [-0.2, 0) is 14.3 Å². The normalized spacial score (nSPS) is 33.7. The van der Waals surface area contributed by atoms with E-state index < -0.39 is 12.0 Å². The summed E-state index contributed by atoms with van der Waals surface area (Å²) in [5, 5.41) is 9.26. The summed E-state index contributed by atoms with van der Waals surface area (Å²) in [5.74, 6) is -0.113. The molecule has 3 unspecified atom stereocenters. The third-order valence-corrected chi connectivity index (χ3v) is 4.96. The summed E-state index contributed by atoms with van der Waals surface area (Å²) < 4.78 is 11.3. The van der Waals surface area contributed by atoms with Crippen LogP contribution in [0.15, 0.2) is 0 Å². The molecule has 0 aromatic heterocycles. The maximum absolute atomic E-state index is 10.6. The average molecular weight is 275 g/mol. The van der Waals surface area contributed by atoms with E-state index >= 15 is 0 Å². The van der Waals surface area contributed by atoms with Gasteiger partial charge in [0.2, 0.25) is 0 Å². The summed E-state index contributed by atoms with van der Waals surface area (Å²) in [4.78, 5) is 10.6. The molecule has 0 saturated carbocycles. The molecule has 3 atom stereocenters. The molecule has 0 aromatic carbocycles. The maximum atomic E-state index is 10.6. The van der Waals surface area contributed by atoms with Gasteiger partial charge >= 0.3 is 5.97 Å². The Kier molecular flexibility index (Phi) is 4.89. The molecule has 5 nitrogen and oxygen atoms in total. The smallest absolute Gasteiger partial charge is 0.320 e. The van der Waals surface area contributed by atoms with Gasteiger partial charge < -0.3 is 20.3 Å². The number of rotatable bonds is 5. The topological polar surface area (TPSA) is 81.8 Å². The van der Waals surface area contributed by atoms with E-state index in [4.69, 9.17) is 20.3 Å². The van der Waals surface area contributed by atoms with Gasteiger partial charge in [-0.2, -0.15) is 11.8 Å². The van der Waals surface area contributed by atoms with Crippen LogP contribution in [0.2, 0.25) is 0 Å². The number of hydrogen-bond acceptors (Lipinski definition) is 5. The highest BCUT2D eigenvalue weighted by atomic mass is 32.2. The lowest BCUT2D eigenvalue weighted by molar-refractivity contribution is -0.138. The molecule has 2 rings (SSSR count). The van der Waals surface area contributed by atoms with Gasteiger partial charge in [-0.3, -0.25) is 4.79 Å². The molecule has 2 aliphatic rings. The number of hydrogen-bond donors (Lipinski definition) is 2. The Bertz CT molecular complexity index is 294. The van der Waals surface area contributed by atoms with Crippen molar-refractivity contribution in [3.63, 3.8) is 0 Å². The molecule has 2 aliphatic heterocycles. The quantitative estimate of drug-likeness (QED) is 0.774. The minimum Gasteiger partial charge on any atom is -0.480 e. The number of thioether (sulfide) groups is 1. The first-order valence-corrected chi connectivity index (χ1v) is 7.48. The number of carboxylic acids is 1. The van der Waals surface area contributed by atoms with Gasteiger partial charge in [0.1, 0.15) is 6.04 Å². The summed E-state index contributed by atoms with van der Waals surface area (Å²) in [5.41, 5.74) is 5.43. The van der Waals surface area contributed by atoms with Gasteiger partial charge in [0.05, 0.1) is 12.2 Å². The number of carboxylic acid groups (broad SMARTS) is 1. The zero-order chi connectivity index (χ0) is 13.0. The highest BCUT2D eigenvalue weighted by Gasteiger charge is 2.40. The first-order valence-electron chi connectivity index (χ1n) is 6.43. The van der Waals surface area contributed by atoms with E-state index in [1.54, 1.807) is 0 Å². The third-order valence-electron chi connectivity index (χ3n) is 3.61. The minimum absolute atomic E-state index is 0.0647. The van der Waals surface area contributed by atoms with E-state index in [2.05, 4.69) is 0 Å². The number of nitrogens with two attached hydrogens (primary N) is 1. The van der Waals surface area contributed by atoms with Crippen LogP contribution >= 0.6 is 11.8 Å². The molecule has 18 heavy (non-hydrogen) atoms. The molecule has 1 spiro atoms. The van der Waals surface area contributed by atoms with Crippen molar-refractivity contribution in [2.75, 3.05) is 25.6 Å². The second-order valence-corrected chi connectivity index (χ2v) is 6.46. The molecule has 3 N–H and O–H groups in total. The van der Waals surface area contributed by atoms with E-state index in [0.29, 0.717) is 18.3 Å².